The van der Waals surface area contributed by atoms with Crippen molar-refractivity contribution < 1.29 is 9.94 Å². The Balaban J connectivity index is 1.70. The summed E-state index contributed by atoms with van der Waals surface area (Å²) < 4.78 is 5.83. The summed E-state index contributed by atoms with van der Waals surface area (Å²) in [4.78, 5) is 0. The Labute approximate surface area is 112 Å². The number of nitrogens with one attached hydrogen (secondary N) is 1. The molecule has 3 nitrogen and oxygen atoms in total. The Hall–Kier alpha value is -1.84. The molecule has 0 aromatic heterocycles. The van der Waals surface area contributed by atoms with E-state index in [1.54, 1.807) is 0 Å². The quantitative estimate of drug-likeness (QED) is 0.818. The zero-order chi connectivity index (χ0) is 13.1. The van der Waals surface area contributed by atoms with Crippen molar-refractivity contribution in [3.63, 3.8) is 0 Å². The molecule has 0 aliphatic heterocycles. The fourth-order valence-corrected chi connectivity index (χ4v) is 2.45. The van der Waals surface area contributed by atoms with Gasteiger partial charge in [0.1, 0.15) is 11.5 Å². The van der Waals surface area contributed by atoms with E-state index in [-0.39, 0.29) is 6.04 Å². The van der Waals surface area contributed by atoms with Crippen molar-refractivity contribution in [3.05, 3.63) is 60.2 Å². The fourth-order valence-electron chi connectivity index (χ4n) is 2.45. The molecule has 2 N–H and O–H groups in total. The third-order valence-electron chi connectivity index (χ3n) is 3.63. The van der Waals surface area contributed by atoms with E-state index in [9.17, 15) is 0 Å². The van der Waals surface area contributed by atoms with Crippen LogP contribution in [-0.2, 0) is 0 Å². The van der Waals surface area contributed by atoms with Crippen LogP contribution in [0.5, 0.6) is 11.5 Å². The van der Waals surface area contributed by atoms with Crippen molar-refractivity contribution in [2.45, 2.75) is 24.8 Å². The Morgan fingerprint density at radius 2 is 1.68 bits per heavy atom. The van der Waals surface area contributed by atoms with Gasteiger partial charge in [-0.3, -0.25) is 0 Å². The molecule has 0 unspecified atom stereocenters. The van der Waals surface area contributed by atoms with Crippen LogP contribution in [0.3, 0.4) is 0 Å². The van der Waals surface area contributed by atoms with Gasteiger partial charge >= 0.3 is 0 Å². The predicted molar refractivity (Wildman–Crippen MR) is 73.6 cm³/mol. The third kappa shape index (κ3) is 2.78. The zero-order valence-electron chi connectivity index (χ0n) is 10.6. The molecule has 0 amide bonds. The van der Waals surface area contributed by atoms with Gasteiger partial charge in [0.25, 0.3) is 0 Å². The fraction of sp³-hybridized carbons (Fsp3) is 0.250. The smallest absolute Gasteiger partial charge is 0.127 e. The summed E-state index contributed by atoms with van der Waals surface area (Å²) in [6.07, 6.45) is 1.95. The summed E-state index contributed by atoms with van der Waals surface area (Å²) in [6, 6.07) is 18.2. The van der Waals surface area contributed by atoms with Crippen LogP contribution >= 0.6 is 0 Å². The number of para-hydroxylation sites is 1. The molecular formula is C16H17NO2. The zero-order valence-corrected chi connectivity index (χ0v) is 10.6. The topological polar surface area (TPSA) is 41.5 Å². The lowest BCUT2D eigenvalue weighted by atomic mass is 9.76. The minimum absolute atomic E-state index is 0.240. The molecule has 98 valence electrons. The highest BCUT2D eigenvalue weighted by molar-refractivity contribution is 5.36. The molecule has 3 rings (SSSR count). The number of benzene rings is 2. The normalized spacial score (nSPS) is 21.7. The van der Waals surface area contributed by atoms with Gasteiger partial charge in [0, 0.05) is 6.04 Å². The van der Waals surface area contributed by atoms with Crippen molar-refractivity contribution in [1.29, 1.82) is 0 Å². The van der Waals surface area contributed by atoms with Gasteiger partial charge < -0.3 is 9.94 Å². The van der Waals surface area contributed by atoms with E-state index >= 15 is 0 Å². The van der Waals surface area contributed by atoms with Crippen LogP contribution < -0.4 is 10.2 Å². The molecule has 0 radical (unpaired) electrons. The molecular weight excluding hydrogens is 238 g/mol. The summed E-state index contributed by atoms with van der Waals surface area (Å²) in [5, 5.41) is 8.83. The summed E-state index contributed by atoms with van der Waals surface area (Å²) in [5.74, 6) is 2.23. The molecule has 0 spiro atoms. The molecule has 2 aromatic carbocycles. The SMILES string of the molecule is ONC1CC(c2cccc(Oc3ccccc3)c2)C1. The first-order chi connectivity index (χ1) is 9.35. The van der Waals surface area contributed by atoms with E-state index in [1.165, 1.54) is 5.56 Å². The maximum atomic E-state index is 8.83. The molecule has 0 heterocycles. The number of hydrogen-bond donors (Lipinski definition) is 2. The monoisotopic (exact) mass is 255 g/mol. The van der Waals surface area contributed by atoms with Gasteiger partial charge in [0.15, 0.2) is 0 Å². The minimum Gasteiger partial charge on any atom is -0.457 e. The predicted octanol–water partition coefficient (Wildman–Crippen LogP) is 3.70. The van der Waals surface area contributed by atoms with Gasteiger partial charge in [0.05, 0.1) is 0 Å². The van der Waals surface area contributed by atoms with Gasteiger partial charge in [-0.15, -0.1) is 0 Å². The molecule has 2 aromatic rings. The van der Waals surface area contributed by atoms with E-state index in [4.69, 9.17) is 9.94 Å². The maximum Gasteiger partial charge on any atom is 0.127 e. The molecule has 0 bridgehead atoms. The van der Waals surface area contributed by atoms with Crippen LogP contribution in [0.25, 0.3) is 0 Å². The first kappa shape index (κ1) is 12.2. The lowest BCUT2D eigenvalue weighted by molar-refractivity contribution is 0.0782. The summed E-state index contributed by atoms with van der Waals surface area (Å²) >= 11 is 0. The Bertz CT molecular complexity index is 535. The van der Waals surface area contributed by atoms with Crippen LogP contribution in [0.1, 0.15) is 24.3 Å². The highest BCUT2D eigenvalue weighted by Gasteiger charge is 2.29. The van der Waals surface area contributed by atoms with Crippen molar-refractivity contribution in [2.24, 2.45) is 0 Å². The first-order valence-electron chi connectivity index (χ1n) is 6.57. The van der Waals surface area contributed by atoms with Crippen molar-refractivity contribution in [2.75, 3.05) is 0 Å². The largest absolute Gasteiger partial charge is 0.457 e. The van der Waals surface area contributed by atoms with Gasteiger partial charge in [-0.2, -0.15) is 0 Å². The second-order valence-electron chi connectivity index (χ2n) is 4.98. The Kier molecular flexibility index (Phi) is 3.49. The molecule has 1 aliphatic rings. The lowest BCUT2D eigenvalue weighted by Crippen LogP contribution is -2.38. The molecule has 3 heteroatoms. The lowest BCUT2D eigenvalue weighted by Gasteiger charge is -2.34. The molecule has 1 aliphatic carbocycles. The molecule has 1 fully saturated rings. The highest BCUT2D eigenvalue weighted by Crippen LogP contribution is 2.38. The molecule has 1 saturated carbocycles. The van der Waals surface area contributed by atoms with E-state index in [0.717, 1.165) is 24.3 Å². The van der Waals surface area contributed by atoms with E-state index in [1.807, 2.05) is 42.5 Å². The number of hydrogen-bond acceptors (Lipinski definition) is 3. The summed E-state index contributed by atoms with van der Waals surface area (Å²) in [7, 11) is 0. The first-order valence-corrected chi connectivity index (χ1v) is 6.57. The van der Waals surface area contributed by atoms with Gasteiger partial charge in [-0.05, 0) is 48.6 Å². The third-order valence-corrected chi connectivity index (χ3v) is 3.63. The van der Waals surface area contributed by atoms with Gasteiger partial charge in [-0.1, -0.05) is 30.3 Å². The second-order valence-corrected chi connectivity index (χ2v) is 4.98. The standard InChI is InChI=1S/C16H17NO2/c18-17-14-9-13(10-14)12-5-4-8-16(11-12)19-15-6-2-1-3-7-15/h1-8,11,13-14,17-18H,9-10H2. The number of ether oxygens (including phenoxy) is 1. The van der Waals surface area contributed by atoms with Crippen LogP contribution in [0, 0.1) is 0 Å². The number of rotatable bonds is 4. The Morgan fingerprint density at radius 3 is 2.42 bits per heavy atom. The number of hydroxylamine groups is 1. The van der Waals surface area contributed by atoms with E-state index < -0.39 is 0 Å². The van der Waals surface area contributed by atoms with Crippen molar-refractivity contribution in [3.8, 4) is 11.5 Å². The van der Waals surface area contributed by atoms with Crippen LogP contribution in [0.4, 0.5) is 0 Å². The molecule has 19 heavy (non-hydrogen) atoms. The van der Waals surface area contributed by atoms with E-state index in [0.29, 0.717) is 5.92 Å². The molecule has 0 saturated heterocycles. The average Bonchev–Trinajstić information content (AvgIpc) is 2.39. The summed E-state index contributed by atoms with van der Waals surface area (Å²) in [6.45, 7) is 0. The van der Waals surface area contributed by atoms with Crippen LogP contribution in [-0.4, -0.2) is 11.2 Å². The van der Waals surface area contributed by atoms with Gasteiger partial charge in [-0.25, -0.2) is 5.48 Å². The summed E-state index contributed by atoms with van der Waals surface area (Å²) in [5.41, 5.74) is 3.60. The highest BCUT2D eigenvalue weighted by atomic mass is 16.5. The minimum atomic E-state index is 0.240. The van der Waals surface area contributed by atoms with Crippen molar-refractivity contribution in [1.82, 2.24) is 5.48 Å². The second kappa shape index (κ2) is 5.43. The maximum absolute atomic E-state index is 8.83. The van der Waals surface area contributed by atoms with E-state index in [2.05, 4.69) is 17.6 Å². The van der Waals surface area contributed by atoms with Crippen molar-refractivity contribution >= 4 is 0 Å². The Morgan fingerprint density at radius 1 is 0.947 bits per heavy atom. The van der Waals surface area contributed by atoms with Crippen LogP contribution in [0.2, 0.25) is 0 Å². The average molecular weight is 255 g/mol. The van der Waals surface area contributed by atoms with Crippen LogP contribution in [0.15, 0.2) is 54.6 Å². The van der Waals surface area contributed by atoms with Gasteiger partial charge in [0.2, 0.25) is 0 Å². The molecule has 0 atom stereocenters.